The van der Waals surface area contributed by atoms with Crippen molar-refractivity contribution in [2.24, 2.45) is 5.73 Å². The molecule has 1 aromatic rings. The largest absolute Gasteiger partial charge is 0.328 e. The zero-order chi connectivity index (χ0) is 9.97. The average molecular weight is 190 g/mol. The van der Waals surface area contributed by atoms with Crippen LogP contribution in [0.3, 0.4) is 0 Å². The summed E-state index contributed by atoms with van der Waals surface area (Å²) >= 11 is 0. The Morgan fingerprint density at radius 3 is 2.57 bits per heavy atom. The van der Waals surface area contributed by atoms with Gasteiger partial charge in [-0.1, -0.05) is 6.07 Å². The van der Waals surface area contributed by atoms with E-state index in [-0.39, 0.29) is 0 Å². The number of rotatable bonds is 1. The van der Waals surface area contributed by atoms with Crippen molar-refractivity contribution >= 4 is 0 Å². The molecule has 0 atom stereocenters. The minimum atomic E-state index is 0.434. The van der Waals surface area contributed by atoms with Gasteiger partial charge in [0.05, 0.1) is 0 Å². The van der Waals surface area contributed by atoms with Gasteiger partial charge < -0.3 is 5.73 Å². The molecule has 1 aliphatic rings. The van der Waals surface area contributed by atoms with E-state index in [2.05, 4.69) is 18.0 Å². The minimum absolute atomic E-state index is 0.434. The van der Waals surface area contributed by atoms with Gasteiger partial charge in [-0.25, -0.2) is 0 Å². The predicted molar refractivity (Wildman–Crippen MR) is 58.2 cm³/mol. The number of aryl methyl sites for hydroxylation is 1. The van der Waals surface area contributed by atoms with Crippen molar-refractivity contribution in [1.29, 1.82) is 0 Å². The Kier molecular flexibility index (Phi) is 2.82. The van der Waals surface area contributed by atoms with Crippen molar-refractivity contribution in [3.63, 3.8) is 0 Å². The standard InChI is InChI=1S/C12H18N2/c1-9-6-11(8-14-7-9)10-2-4-12(13)5-3-10/h6-8,10,12H,2-5,13H2,1H3. The maximum atomic E-state index is 5.89. The fourth-order valence-electron chi connectivity index (χ4n) is 2.25. The van der Waals surface area contributed by atoms with Gasteiger partial charge in [0.15, 0.2) is 0 Å². The lowest BCUT2D eigenvalue weighted by atomic mass is 9.82. The molecule has 1 aliphatic carbocycles. The number of hydrogen-bond acceptors (Lipinski definition) is 2. The van der Waals surface area contributed by atoms with Gasteiger partial charge in [-0.05, 0) is 49.7 Å². The van der Waals surface area contributed by atoms with Crippen molar-refractivity contribution in [3.05, 3.63) is 29.6 Å². The molecule has 76 valence electrons. The van der Waals surface area contributed by atoms with Gasteiger partial charge in [0.1, 0.15) is 0 Å². The van der Waals surface area contributed by atoms with Crippen LogP contribution in [0.5, 0.6) is 0 Å². The SMILES string of the molecule is Cc1cncc(C2CCC(N)CC2)c1. The Labute approximate surface area is 85.5 Å². The molecule has 2 nitrogen and oxygen atoms in total. The number of pyridine rings is 1. The number of nitrogens with two attached hydrogens (primary N) is 1. The second-order valence-electron chi connectivity index (χ2n) is 4.41. The summed E-state index contributed by atoms with van der Waals surface area (Å²) in [5, 5.41) is 0. The zero-order valence-corrected chi connectivity index (χ0v) is 8.74. The summed E-state index contributed by atoms with van der Waals surface area (Å²) in [6.07, 6.45) is 8.71. The highest BCUT2D eigenvalue weighted by atomic mass is 14.6. The molecule has 0 aliphatic heterocycles. The molecule has 1 heterocycles. The first-order chi connectivity index (χ1) is 6.75. The quantitative estimate of drug-likeness (QED) is 0.738. The maximum absolute atomic E-state index is 5.89. The fourth-order valence-corrected chi connectivity index (χ4v) is 2.25. The molecule has 0 unspecified atom stereocenters. The average Bonchev–Trinajstić information content (AvgIpc) is 2.19. The number of aromatic nitrogens is 1. The topological polar surface area (TPSA) is 38.9 Å². The molecule has 0 spiro atoms. The first-order valence-electron chi connectivity index (χ1n) is 5.43. The summed E-state index contributed by atoms with van der Waals surface area (Å²) in [6, 6.07) is 2.69. The van der Waals surface area contributed by atoms with E-state index in [1.165, 1.54) is 36.8 Å². The van der Waals surface area contributed by atoms with Gasteiger partial charge in [0.2, 0.25) is 0 Å². The molecular weight excluding hydrogens is 172 g/mol. The molecule has 0 aromatic carbocycles. The van der Waals surface area contributed by atoms with E-state index < -0.39 is 0 Å². The van der Waals surface area contributed by atoms with Crippen molar-refractivity contribution in [2.75, 3.05) is 0 Å². The lowest BCUT2D eigenvalue weighted by Crippen LogP contribution is -2.25. The lowest BCUT2D eigenvalue weighted by molar-refractivity contribution is 0.395. The first-order valence-corrected chi connectivity index (χ1v) is 5.43. The monoisotopic (exact) mass is 190 g/mol. The van der Waals surface area contributed by atoms with E-state index in [4.69, 9.17) is 5.73 Å². The van der Waals surface area contributed by atoms with E-state index in [1.54, 1.807) is 0 Å². The van der Waals surface area contributed by atoms with Crippen LogP contribution in [0.15, 0.2) is 18.5 Å². The predicted octanol–water partition coefficient (Wildman–Crippen LogP) is 2.37. The van der Waals surface area contributed by atoms with Crippen LogP contribution in [0, 0.1) is 6.92 Å². The minimum Gasteiger partial charge on any atom is -0.328 e. The summed E-state index contributed by atoms with van der Waals surface area (Å²) in [7, 11) is 0. The molecule has 0 bridgehead atoms. The zero-order valence-electron chi connectivity index (χ0n) is 8.74. The molecule has 2 rings (SSSR count). The molecular formula is C12H18N2. The van der Waals surface area contributed by atoms with Crippen LogP contribution >= 0.6 is 0 Å². The van der Waals surface area contributed by atoms with Gasteiger partial charge in [-0.3, -0.25) is 4.98 Å². The van der Waals surface area contributed by atoms with E-state index in [1.807, 2.05) is 12.4 Å². The molecule has 0 saturated heterocycles. The van der Waals surface area contributed by atoms with Gasteiger partial charge in [-0.2, -0.15) is 0 Å². The van der Waals surface area contributed by atoms with Crippen LogP contribution in [0.2, 0.25) is 0 Å². The molecule has 0 radical (unpaired) electrons. The molecule has 14 heavy (non-hydrogen) atoms. The number of nitrogens with zero attached hydrogens (tertiary/aromatic N) is 1. The lowest BCUT2D eigenvalue weighted by Gasteiger charge is -2.26. The highest BCUT2D eigenvalue weighted by molar-refractivity contribution is 5.21. The van der Waals surface area contributed by atoms with Crippen molar-refractivity contribution in [3.8, 4) is 0 Å². The third-order valence-corrected chi connectivity index (χ3v) is 3.14. The van der Waals surface area contributed by atoms with Crippen LogP contribution in [0.4, 0.5) is 0 Å². The summed E-state index contributed by atoms with van der Waals surface area (Å²) < 4.78 is 0. The van der Waals surface area contributed by atoms with Crippen LogP contribution in [-0.4, -0.2) is 11.0 Å². The normalized spacial score (nSPS) is 27.6. The van der Waals surface area contributed by atoms with Gasteiger partial charge in [0, 0.05) is 18.4 Å². The second kappa shape index (κ2) is 4.09. The van der Waals surface area contributed by atoms with E-state index in [0.717, 1.165) is 0 Å². The molecule has 1 aromatic heterocycles. The Balaban J connectivity index is 2.08. The Bertz CT molecular complexity index is 301. The third kappa shape index (κ3) is 2.13. The summed E-state index contributed by atoms with van der Waals surface area (Å²) in [5.41, 5.74) is 8.55. The van der Waals surface area contributed by atoms with Gasteiger partial charge >= 0.3 is 0 Å². The molecule has 2 heteroatoms. The Morgan fingerprint density at radius 1 is 1.21 bits per heavy atom. The molecule has 0 amide bonds. The second-order valence-corrected chi connectivity index (χ2v) is 4.41. The fraction of sp³-hybridized carbons (Fsp3) is 0.583. The van der Waals surface area contributed by atoms with Crippen molar-refractivity contribution in [2.45, 2.75) is 44.6 Å². The van der Waals surface area contributed by atoms with Crippen LogP contribution < -0.4 is 5.73 Å². The molecule has 1 saturated carbocycles. The molecule has 2 N–H and O–H groups in total. The highest BCUT2D eigenvalue weighted by Gasteiger charge is 2.19. The molecule has 1 fully saturated rings. The van der Waals surface area contributed by atoms with E-state index in [0.29, 0.717) is 12.0 Å². The van der Waals surface area contributed by atoms with Gasteiger partial charge in [-0.15, -0.1) is 0 Å². The van der Waals surface area contributed by atoms with Crippen molar-refractivity contribution < 1.29 is 0 Å². The summed E-state index contributed by atoms with van der Waals surface area (Å²) in [5.74, 6) is 0.696. The summed E-state index contributed by atoms with van der Waals surface area (Å²) in [4.78, 5) is 4.25. The van der Waals surface area contributed by atoms with Crippen LogP contribution in [0.1, 0.15) is 42.7 Å². The van der Waals surface area contributed by atoms with Gasteiger partial charge in [0.25, 0.3) is 0 Å². The third-order valence-electron chi connectivity index (χ3n) is 3.14. The van der Waals surface area contributed by atoms with Crippen LogP contribution in [-0.2, 0) is 0 Å². The van der Waals surface area contributed by atoms with E-state index >= 15 is 0 Å². The van der Waals surface area contributed by atoms with Crippen LogP contribution in [0.25, 0.3) is 0 Å². The highest BCUT2D eigenvalue weighted by Crippen LogP contribution is 2.31. The Morgan fingerprint density at radius 2 is 1.93 bits per heavy atom. The smallest absolute Gasteiger partial charge is 0.0302 e. The number of hydrogen-bond donors (Lipinski definition) is 1. The maximum Gasteiger partial charge on any atom is 0.0302 e. The van der Waals surface area contributed by atoms with Crippen molar-refractivity contribution in [1.82, 2.24) is 4.98 Å². The Hall–Kier alpha value is -0.890. The van der Waals surface area contributed by atoms with E-state index in [9.17, 15) is 0 Å². The first kappa shape index (κ1) is 9.66. The summed E-state index contributed by atoms with van der Waals surface area (Å²) in [6.45, 7) is 2.10.